The van der Waals surface area contributed by atoms with Gasteiger partial charge in [-0.1, -0.05) is 6.07 Å². The first kappa shape index (κ1) is 12.5. The molecule has 7 heteroatoms. The van der Waals surface area contributed by atoms with E-state index in [0.717, 1.165) is 15.1 Å². The minimum Gasteiger partial charge on any atom is -0.438 e. The highest BCUT2D eigenvalue weighted by Gasteiger charge is 2.11. The number of thiophene rings is 1. The molecule has 3 aromatic rings. The predicted octanol–water partition coefficient (Wildman–Crippen LogP) is 3.70. The second kappa shape index (κ2) is 4.86. The van der Waals surface area contributed by atoms with Crippen LogP contribution in [0.5, 0.6) is 11.6 Å². The van der Waals surface area contributed by atoms with Crippen LogP contribution >= 0.6 is 11.3 Å². The normalized spacial score (nSPS) is 10.7. The summed E-state index contributed by atoms with van der Waals surface area (Å²) in [4.78, 5) is 20.5. The Morgan fingerprint density at radius 2 is 2.15 bits per heavy atom. The number of rotatable bonds is 3. The maximum atomic E-state index is 10.7. The first-order chi connectivity index (χ1) is 9.63. The highest BCUT2D eigenvalue weighted by Crippen LogP contribution is 2.32. The molecule has 0 aliphatic carbocycles. The van der Waals surface area contributed by atoms with Gasteiger partial charge in [-0.2, -0.15) is 0 Å². The Hall–Kier alpha value is -2.54. The minimum atomic E-state index is -0.461. The molecule has 0 aliphatic heterocycles. The van der Waals surface area contributed by atoms with E-state index in [2.05, 4.69) is 9.97 Å². The minimum absolute atomic E-state index is 0.0192. The molecule has 0 saturated heterocycles. The summed E-state index contributed by atoms with van der Waals surface area (Å²) in [5.74, 6) is 0.780. The second-order valence-electron chi connectivity index (χ2n) is 4.11. The molecule has 2 heterocycles. The summed E-state index contributed by atoms with van der Waals surface area (Å²) in [7, 11) is 0. The summed E-state index contributed by atoms with van der Waals surface area (Å²) >= 11 is 1.55. The summed E-state index contributed by atoms with van der Waals surface area (Å²) in [6, 6.07) is 7.95. The van der Waals surface area contributed by atoms with Gasteiger partial charge in [0.1, 0.15) is 16.9 Å². The van der Waals surface area contributed by atoms with Gasteiger partial charge in [0.05, 0.1) is 16.4 Å². The number of nitro groups is 1. The maximum absolute atomic E-state index is 10.7. The monoisotopic (exact) mass is 287 g/mol. The van der Waals surface area contributed by atoms with E-state index in [1.807, 2.05) is 13.0 Å². The van der Waals surface area contributed by atoms with E-state index in [-0.39, 0.29) is 5.69 Å². The van der Waals surface area contributed by atoms with Crippen LogP contribution in [0.25, 0.3) is 10.2 Å². The third-order valence-corrected chi connectivity index (χ3v) is 3.62. The predicted molar refractivity (Wildman–Crippen MR) is 75.3 cm³/mol. The van der Waals surface area contributed by atoms with Crippen LogP contribution in [0.3, 0.4) is 0 Å². The summed E-state index contributed by atoms with van der Waals surface area (Å²) < 4.78 is 5.65. The van der Waals surface area contributed by atoms with E-state index in [1.165, 1.54) is 18.5 Å². The summed E-state index contributed by atoms with van der Waals surface area (Å²) in [5, 5.41) is 11.6. The first-order valence-corrected chi connectivity index (χ1v) is 6.58. The van der Waals surface area contributed by atoms with Gasteiger partial charge in [0.15, 0.2) is 0 Å². The molecule has 0 bridgehead atoms. The van der Waals surface area contributed by atoms with E-state index < -0.39 is 4.92 Å². The molecule has 0 fully saturated rings. The van der Waals surface area contributed by atoms with Crippen molar-refractivity contribution in [3.8, 4) is 11.6 Å². The van der Waals surface area contributed by atoms with Crippen molar-refractivity contribution in [2.45, 2.75) is 6.92 Å². The highest BCUT2D eigenvalue weighted by molar-refractivity contribution is 7.18. The number of hydrogen-bond donors (Lipinski definition) is 0. The SMILES string of the molecule is Cc1cc2c(Oc3cccc([N+](=O)[O-])c3)ncnc2s1. The summed E-state index contributed by atoms with van der Waals surface area (Å²) in [6.07, 6.45) is 1.42. The van der Waals surface area contributed by atoms with Gasteiger partial charge in [0.25, 0.3) is 5.69 Å². The zero-order valence-corrected chi connectivity index (χ0v) is 11.3. The maximum Gasteiger partial charge on any atom is 0.273 e. The van der Waals surface area contributed by atoms with Crippen molar-refractivity contribution < 1.29 is 9.66 Å². The van der Waals surface area contributed by atoms with Crippen molar-refractivity contribution in [2.75, 3.05) is 0 Å². The van der Waals surface area contributed by atoms with Crippen molar-refractivity contribution in [1.82, 2.24) is 9.97 Å². The number of fused-ring (bicyclic) bond motifs is 1. The smallest absolute Gasteiger partial charge is 0.273 e. The molecule has 1 aromatic carbocycles. The Bertz CT molecular complexity index is 800. The number of nitrogens with zero attached hydrogens (tertiary/aromatic N) is 3. The van der Waals surface area contributed by atoms with Gasteiger partial charge in [0.2, 0.25) is 5.88 Å². The molecular weight excluding hydrogens is 278 g/mol. The number of ether oxygens (including phenoxy) is 1. The zero-order valence-electron chi connectivity index (χ0n) is 10.4. The van der Waals surface area contributed by atoms with Gasteiger partial charge in [-0.05, 0) is 19.1 Å². The fourth-order valence-corrected chi connectivity index (χ4v) is 2.65. The van der Waals surface area contributed by atoms with Gasteiger partial charge in [0, 0.05) is 10.9 Å². The van der Waals surface area contributed by atoms with Gasteiger partial charge < -0.3 is 4.74 Å². The molecule has 0 amide bonds. The van der Waals surface area contributed by atoms with Crippen LogP contribution in [0, 0.1) is 17.0 Å². The fourth-order valence-electron chi connectivity index (χ4n) is 1.81. The summed E-state index contributed by atoms with van der Waals surface area (Å²) in [6.45, 7) is 1.98. The lowest BCUT2D eigenvalue weighted by Crippen LogP contribution is -1.91. The first-order valence-electron chi connectivity index (χ1n) is 5.77. The number of aryl methyl sites for hydroxylation is 1. The van der Waals surface area contributed by atoms with Crippen LogP contribution < -0.4 is 4.74 Å². The number of hydrogen-bond acceptors (Lipinski definition) is 6. The van der Waals surface area contributed by atoms with Crippen molar-refractivity contribution in [3.63, 3.8) is 0 Å². The van der Waals surface area contributed by atoms with E-state index in [9.17, 15) is 10.1 Å². The molecule has 0 spiro atoms. The van der Waals surface area contributed by atoms with Crippen LogP contribution in [0.1, 0.15) is 4.88 Å². The van der Waals surface area contributed by atoms with E-state index in [1.54, 1.807) is 23.5 Å². The molecular formula is C13H9N3O3S. The van der Waals surface area contributed by atoms with Crippen molar-refractivity contribution in [2.24, 2.45) is 0 Å². The topological polar surface area (TPSA) is 78.2 Å². The van der Waals surface area contributed by atoms with Crippen molar-refractivity contribution in [1.29, 1.82) is 0 Å². The largest absolute Gasteiger partial charge is 0.438 e. The van der Waals surface area contributed by atoms with Crippen LogP contribution in [-0.2, 0) is 0 Å². The Kier molecular flexibility index (Phi) is 3.03. The second-order valence-corrected chi connectivity index (χ2v) is 5.35. The molecule has 0 aliphatic rings. The Morgan fingerprint density at radius 3 is 2.95 bits per heavy atom. The Balaban J connectivity index is 2.01. The van der Waals surface area contributed by atoms with Crippen LogP contribution in [0.15, 0.2) is 36.7 Å². The number of aromatic nitrogens is 2. The molecule has 0 atom stereocenters. The van der Waals surface area contributed by atoms with E-state index in [4.69, 9.17) is 4.74 Å². The molecule has 100 valence electrons. The summed E-state index contributed by atoms with van der Waals surface area (Å²) in [5.41, 5.74) is -0.0192. The van der Waals surface area contributed by atoms with Crippen molar-refractivity contribution >= 4 is 27.2 Å². The molecule has 2 aromatic heterocycles. The standard InChI is InChI=1S/C13H9N3O3S/c1-8-5-11-12(14-7-15-13(11)20-8)19-10-4-2-3-9(6-10)16(17)18/h2-7H,1H3. The Labute approximate surface area is 117 Å². The molecule has 6 nitrogen and oxygen atoms in total. The highest BCUT2D eigenvalue weighted by atomic mass is 32.1. The average Bonchev–Trinajstić information content (AvgIpc) is 2.80. The lowest BCUT2D eigenvalue weighted by atomic mass is 10.3. The molecule has 0 radical (unpaired) electrons. The molecule has 0 saturated carbocycles. The lowest BCUT2D eigenvalue weighted by Gasteiger charge is -2.04. The van der Waals surface area contributed by atoms with Gasteiger partial charge >= 0.3 is 0 Å². The third kappa shape index (κ3) is 2.30. The number of nitro benzene ring substituents is 1. The number of non-ortho nitro benzene ring substituents is 1. The van der Waals surface area contributed by atoms with Gasteiger partial charge in [-0.25, -0.2) is 9.97 Å². The van der Waals surface area contributed by atoms with Crippen LogP contribution in [0.4, 0.5) is 5.69 Å². The molecule has 3 rings (SSSR count). The third-order valence-electron chi connectivity index (χ3n) is 2.66. The average molecular weight is 287 g/mol. The molecule has 0 unspecified atom stereocenters. The van der Waals surface area contributed by atoms with E-state index in [0.29, 0.717) is 11.6 Å². The van der Waals surface area contributed by atoms with Crippen LogP contribution in [-0.4, -0.2) is 14.9 Å². The molecule has 0 N–H and O–H groups in total. The molecule has 20 heavy (non-hydrogen) atoms. The van der Waals surface area contributed by atoms with Gasteiger partial charge in [-0.3, -0.25) is 10.1 Å². The lowest BCUT2D eigenvalue weighted by molar-refractivity contribution is -0.384. The Morgan fingerprint density at radius 1 is 1.30 bits per heavy atom. The fraction of sp³-hybridized carbons (Fsp3) is 0.0769. The van der Waals surface area contributed by atoms with Gasteiger partial charge in [-0.15, -0.1) is 11.3 Å². The van der Waals surface area contributed by atoms with Crippen molar-refractivity contribution in [3.05, 3.63) is 51.7 Å². The van der Waals surface area contributed by atoms with Crippen LogP contribution in [0.2, 0.25) is 0 Å². The number of benzene rings is 1. The quantitative estimate of drug-likeness (QED) is 0.542. The van der Waals surface area contributed by atoms with E-state index >= 15 is 0 Å². The zero-order chi connectivity index (χ0) is 14.1.